The summed E-state index contributed by atoms with van der Waals surface area (Å²) in [5, 5.41) is 23.2. The first-order chi connectivity index (χ1) is 7.49. The minimum absolute atomic E-state index is 0.000718. The molecule has 0 radical (unpaired) electrons. The van der Waals surface area contributed by atoms with Gasteiger partial charge in [0.05, 0.1) is 19.3 Å². The monoisotopic (exact) mass is 307 g/mol. The molecule has 0 aliphatic rings. The van der Waals surface area contributed by atoms with Crippen LogP contribution in [0, 0.1) is 0 Å². The van der Waals surface area contributed by atoms with Crippen LogP contribution in [-0.4, -0.2) is 36.0 Å². The second kappa shape index (κ2) is 6.12. The van der Waals surface area contributed by atoms with Crippen molar-refractivity contribution < 1.29 is 10.2 Å². The highest BCUT2D eigenvalue weighted by Gasteiger charge is 2.23. The van der Waals surface area contributed by atoms with E-state index in [1.165, 1.54) is 4.88 Å². The Hall–Kier alpha value is 0.0600. The van der Waals surface area contributed by atoms with Gasteiger partial charge in [0.25, 0.3) is 0 Å². The van der Waals surface area contributed by atoms with Crippen molar-refractivity contribution in [1.29, 1.82) is 0 Å². The Balaban J connectivity index is 2.58. The van der Waals surface area contributed by atoms with Crippen molar-refractivity contribution in [1.82, 2.24) is 5.32 Å². The Morgan fingerprint density at radius 3 is 2.50 bits per heavy atom. The second-order valence-corrected chi connectivity index (χ2v) is 6.28. The third kappa shape index (κ3) is 3.82. The highest BCUT2D eigenvalue weighted by Crippen LogP contribution is 2.31. The van der Waals surface area contributed by atoms with Gasteiger partial charge in [0.2, 0.25) is 0 Å². The molecule has 1 aromatic rings. The fraction of sp³-hybridized carbons (Fsp3) is 0.636. The van der Waals surface area contributed by atoms with E-state index in [1.54, 1.807) is 11.3 Å². The van der Waals surface area contributed by atoms with Crippen LogP contribution in [0.2, 0.25) is 0 Å². The second-order valence-electron chi connectivity index (χ2n) is 4.46. The summed E-state index contributed by atoms with van der Waals surface area (Å²) in [6.07, 6.45) is 0. The molecule has 0 atom stereocenters. The number of thiophene rings is 1. The first-order valence-electron chi connectivity index (χ1n) is 5.19. The summed E-state index contributed by atoms with van der Waals surface area (Å²) in [4.78, 5) is 1.28. The maximum absolute atomic E-state index is 8.97. The van der Waals surface area contributed by atoms with E-state index in [1.807, 2.05) is 0 Å². The zero-order chi connectivity index (χ0) is 12.2. The largest absolute Gasteiger partial charge is 0.395 e. The summed E-state index contributed by atoms with van der Waals surface area (Å²) in [7, 11) is 0. The standard InChI is InChI=1S/C11H18BrNO2S/c1-11(2,7-13-9(4-14)5-15)10-3-8(12)6-16-10/h3,6,9,13-15H,4-5,7H2,1-2H3. The lowest BCUT2D eigenvalue weighted by molar-refractivity contribution is 0.166. The lowest BCUT2D eigenvalue weighted by Crippen LogP contribution is -2.42. The SMILES string of the molecule is CC(C)(CNC(CO)CO)c1cc(Br)cs1. The van der Waals surface area contributed by atoms with Gasteiger partial charge in [0.1, 0.15) is 0 Å². The summed E-state index contributed by atoms with van der Waals surface area (Å²) >= 11 is 5.15. The minimum atomic E-state index is -0.234. The van der Waals surface area contributed by atoms with Gasteiger partial charge in [-0.3, -0.25) is 0 Å². The predicted octanol–water partition coefficient (Wildman–Crippen LogP) is 1.73. The maximum Gasteiger partial charge on any atom is 0.0607 e. The van der Waals surface area contributed by atoms with Crippen LogP contribution in [0.4, 0.5) is 0 Å². The predicted molar refractivity (Wildman–Crippen MR) is 71.0 cm³/mol. The molecule has 1 aromatic heterocycles. The molecule has 0 amide bonds. The number of hydrogen-bond acceptors (Lipinski definition) is 4. The van der Waals surface area contributed by atoms with Crippen LogP contribution < -0.4 is 5.32 Å². The van der Waals surface area contributed by atoms with Gasteiger partial charge in [-0.25, -0.2) is 0 Å². The van der Waals surface area contributed by atoms with Gasteiger partial charge in [-0.15, -0.1) is 11.3 Å². The van der Waals surface area contributed by atoms with E-state index in [0.29, 0.717) is 0 Å². The summed E-state index contributed by atoms with van der Waals surface area (Å²) < 4.78 is 1.10. The van der Waals surface area contributed by atoms with E-state index in [2.05, 4.69) is 46.5 Å². The molecule has 3 N–H and O–H groups in total. The smallest absolute Gasteiger partial charge is 0.0607 e. The molecule has 0 aromatic carbocycles. The summed E-state index contributed by atoms with van der Waals surface area (Å²) in [6, 6.07) is 1.88. The molecular weight excluding hydrogens is 290 g/mol. The highest BCUT2D eigenvalue weighted by atomic mass is 79.9. The summed E-state index contributed by atoms with van der Waals surface area (Å²) in [5.41, 5.74) is -0.000718. The van der Waals surface area contributed by atoms with Crippen molar-refractivity contribution >= 4 is 27.3 Å². The molecule has 1 heterocycles. The molecule has 16 heavy (non-hydrogen) atoms. The number of aliphatic hydroxyl groups excluding tert-OH is 2. The van der Waals surface area contributed by atoms with E-state index >= 15 is 0 Å². The van der Waals surface area contributed by atoms with Crippen molar-refractivity contribution in [3.63, 3.8) is 0 Å². The number of aliphatic hydroxyl groups is 2. The Morgan fingerprint density at radius 2 is 2.06 bits per heavy atom. The molecule has 0 saturated carbocycles. The number of hydrogen-bond donors (Lipinski definition) is 3. The van der Waals surface area contributed by atoms with Gasteiger partial charge in [-0.1, -0.05) is 13.8 Å². The third-order valence-electron chi connectivity index (χ3n) is 2.51. The molecule has 3 nitrogen and oxygen atoms in total. The molecule has 5 heteroatoms. The van der Waals surface area contributed by atoms with Crippen LogP contribution in [0.25, 0.3) is 0 Å². The van der Waals surface area contributed by atoms with Gasteiger partial charge in [0.15, 0.2) is 0 Å². The van der Waals surface area contributed by atoms with E-state index in [0.717, 1.165) is 11.0 Å². The summed E-state index contributed by atoms with van der Waals surface area (Å²) in [5.74, 6) is 0. The lowest BCUT2D eigenvalue weighted by Gasteiger charge is -2.26. The number of halogens is 1. The molecule has 0 aliphatic carbocycles. The molecule has 92 valence electrons. The van der Waals surface area contributed by atoms with Crippen LogP contribution >= 0.6 is 27.3 Å². The van der Waals surface area contributed by atoms with Crippen LogP contribution in [0.15, 0.2) is 15.9 Å². The molecule has 0 spiro atoms. The molecule has 0 unspecified atom stereocenters. The van der Waals surface area contributed by atoms with Gasteiger partial charge >= 0.3 is 0 Å². The molecular formula is C11H18BrNO2S. The quantitative estimate of drug-likeness (QED) is 0.750. The first kappa shape index (κ1) is 14.1. The van der Waals surface area contributed by atoms with E-state index in [4.69, 9.17) is 10.2 Å². The zero-order valence-electron chi connectivity index (χ0n) is 9.53. The molecule has 0 bridgehead atoms. The summed E-state index contributed by atoms with van der Waals surface area (Å²) in [6.45, 7) is 4.93. The van der Waals surface area contributed by atoms with E-state index < -0.39 is 0 Å². The fourth-order valence-corrected chi connectivity index (χ4v) is 2.90. The number of nitrogens with one attached hydrogen (secondary N) is 1. The lowest BCUT2D eigenvalue weighted by atomic mass is 9.91. The Bertz CT molecular complexity index is 324. The van der Waals surface area contributed by atoms with Crippen LogP contribution in [0.5, 0.6) is 0 Å². The van der Waals surface area contributed by atoms with Crippen molar-refractivity contribution in [3.05, 3.63) is 20.8 Å². The van der Waals surface area contributed by atoms with Gasteiger partial charge in [-0.2, -0.15) is 0 Å². The Labute approximate surface area is 109 Å². The van der Waals surface area contributed by atoms with Crippen LogP contribution in [-0.2, 0) is 5.41 Å². The van der Waals surface area contributed by atoms with Crippen molar-refractivity contribution in [2.24, 2.45) is 0 Å². The maximum atomic E-state index is 8.97. The molecule has 1 rings (SSSR count). The fourth-order valence-electron chi connectivity index (χ4n) is 1.34. The van der Waals surface area contributed by atoms with Gasteiger partial charge in [0, 0.05) is 26.7 Å². The molecule has 0 aliphatic heterocycles. The topological polar surface area (TPSA) is 52.5 Å². The molecule has 0 saturated heterocycles. The highest BCUT2D eigenvalue weighted by molar-refractivity contribution is 9.10. The normalized spacial score (nSPS) is 12.4. The zero-order valence-corrected chi connectivity index (χ0v) is 11.9. The molecule has 0 fully saturated rings. The third-order valence-corrected chi connectivity index (χ3v) is 4.56. The van der Waals surface area contributed by atoms with Crippen molar-refractivity contribution in [2.75, 3.05) is 19.8 Å². The average molecular weight is 308 g/mol. The van der Waals surface area contributed by atoms with E-state index in [-0.39, 0.29) is 24.7 Å². The first-order valence-corrected chi connectivity index (χ1v) is 6.86. The Kier molecular flexibility index (Phi) is 5.40. The number of rotatable bonds is 6. The van der Waals surface area contributed by atoms with Crippen molar-refractivity contribution in [2.45, 2.75) is 25.3 Å². The van der Waals surface area contributed by atoms with Gasteiger partial charge in [-0.05, 0) is 22.0 Å². The Morgan fingerprint density at radius 1 is 1.44 bits per heavy atom. The average Bonchev–Trinajstić information content (AvgIpc) is 2.67. The van der Waals surface area contributed by atoms with Crippen molar-refractivity contribution in [3.8, 4) is 0 Å². The minimum Gasteiger partial charge on any atom is -0.395 e. The van der Waals surface area contributed by atoms with Crippen LogP contribution in [0.3, 0.4) is 0 Å². The van der Waals surface area contributed by atoms with Crippen LogP contribution in [0.1, 0.15) is 18.7 Å². The van der Waals surface area contributed by atoms with E-state index in [9.17, 15) is 0 Å². The van der Waals surface area contributed by atoms with Gasteiger partial charge < -0.3 is 15.5 Å².